The number of benzene rings is 1. The van der Waals surface area contributed by atoms with Gasteiger partial charge in [0, 0.05) is 6.04 Å². The van der Waals surface area contributed by atoms with Gasteiger partial charge in [-0.3, -0.25) is 0 Å². The first-order valence-corrected chi connectivity index (χ1v) is 7.72. The Labute approximate surface area is 117 Å². The zero-order valence-corrected chi connectivity index (χ0v) is 12.8. The van der Waals surface area contributed by atoms with Crippen molar-refractivity contribution in [3.63, 3.8) is 0 Å². The highest BCUT2D eigenvalue weighted by Crippen LogP contribution is 2.47. The molecule has 0 aromatic heterocycles. The lowest BCUT2D eigenvalue weighted by Gasteiger charge is -2.42. The molecule has 0 radical (unpaired) electrons. The Kier molecular flexibility index (Phi) is 2.83. The number of hydrogen-bond donors (Lipinski definition) is 1. The predicted molar refractivity (Wildman–Crippen MR) is 81.4 cm³/mol. The smallest absolute Gasteiger partial charge is 0.0323 e. The molecular formula is C18H27N. The largest absolute Gasteiger partial charge is 0.324 e. The summed E-state index contributed by atoms with van der Waals surface area (Å²) in [5, 5.41) is 0. The van der Waals surface area contributed by atoms with E-state index < -0.39 is 0 Å². The molecule has 1 fully saturated rings. The van der Waals surface area contributed by atoms with Gasteiger partial charge in [-0.2, -0.15) is 0 Å². The first kappa shape index (κ1) is 13.2. The fourth-order valence-corrected chi connectivity index (χ4v) is 3.54. The van der Waals surface area contributed by atoms with Crippen LogP contribution >= 0.6 is 0 Å². The minimum atomic E-state index is 0.256. The van der Waals surface area contributed by atoms with Gasteiger partial charge >= 0.3 is 0 Å². The molecule has 0 amide bonds. The van der Waals surface area contributed by atoms with Crippen molar-refractivity contribution in [2.24, 2.45) is 11.7 Å². The van der Waals surface area contributed by atoms with Crippen LogP contribution in [0.4, 0.5) is 0 Å². The van der Waals surface area contributed by atoms with Gasteiger partial charge in [-0.25, -0.2) is 0 Å². The lowest BCUT2D eigenvalue weighted by Crippen LogP contribution is -2.34. The molecule has 0 bridgehead atoms. The SMILES string of the molecule is CC1(C)CCC(C)(C)c2cc(C(N)C3CC3)ccc21. The minimum Gasteiger partial charge on any atom is -0.324 e. The zero-order chi connectivity index (χ0) is 13.8. The summed E-state index contributed by atoms with van der Waals surface area (Å²) in [5.74, 6) is 0.734. The Bertz CT molecular complexity index is 494. The monoisotopic (exact) mass is 257 g/mol. The molecular weight excluding hydrogens is 230 g/mol. The Hall–Kier alpha value is -0.820. The summed E-state index contributed by atoms with van der Waals surface area (Å²) < 4.78 is 0. The lowest BCUT2D eigenvalue weighted by atomic mass is 9.63. The Morgan fingerprint density at radius 2 is 1.58 bits per heavy atom. The molecule has 1 aromatic rings. The maximum Gasteiger partial charge on any atom is 0.0323 e. The summed E-state index contributed by atoms with van der Waals surface area (Å²) in [5.41, 5.74) is 11.4. The van der Waals surface area contributed by atoms with Crippen LogP contribution in [0.5, 0.6) is 0 Å². The van der Waals surface area contributed by atoms with E-state index in [2.05, 4.69) is 45.9 Å². The molecule has 0 spiro atoms. The van der Waals surface area contributed by atoms with E-state index in [1.807, 2.05) is 0 Å². The second-order valence-corrected chi connectivity index (χ2v) is 7.94. The van der Waals surface area contributed by atoms with Crippen molar-refractivity contribution in [1.82, 2.24) is 0 Å². The maximum absolute atomic E-state index is 6.39. The van der Waals surface area contributed by atoms with Crippen molar-refractivity contribution in [3.8, 4) is 0 Å². The number of hydrogen-bond acceptors (Lipinski definition) is 1. The first-order chi connectivity index (χ1) is 8.81. The van der Waals surface area contributed by atoms with Gasteiger partial charge in [0.25, 0.3) is 0 Å². The maximum atomic E-state index is 6.39. The van der Waals surface area contributed by atoms with Crippen LogP contribution in [0.25, 0.3) is 0 Å². The van der Waals surface area contributed by atoms with Gasteiger partial charge in [-0.15, -0.1) is 0 Å². The summed E-state index contributed by atoms with van der Waals surface area (Å²) >= 11 is 0. The molecule has 1 aromatic carbocycles. The van der Waals surface area contributed by atoms with Crippen molar-refractivity contribution in [2.45, 2.75) is 70.3 Å². The topological polar surface area (TPSA) is 26.0 Å². The highest BCUT2D eigenvalue weighted by Gasteiger charge is 2.38. The summed E-state index contributed by atoms with van der Waals surface area (Å²) in [6.07, 6.45) is 5.18. The summed E-state index contributed by atoms with van der Waals surface area (Å²) in [4.78, 5) is 0. The summed E-state index contributed by atoms with van der Waals surface area (Å²) in [7, 11) is 0. The van der Waals surface area contributed by atoms with E-state index in [1.54, 1.807) is 0 Å². The van der Waals surface area contributed by atoms with Crippen molar-refractivity contribution >= 4 is 0 Å². The molecule has 0 saturated heterocycles. The van der Waals surface area contributed by atoms with Crippen molar-refractivity contribution in [3.05, 3.63) is 34.9 Å². The van der Waals surface area contributed by atoms with Crippen LogP contribution < -0.4 is 5.73 Å². The van der Waals surface area contributed by atoms with E-state index in [0.29, 0.717) is 10.8 Å². The molecule has 1 nitrogen and oxygen atoms in total. The second-order valence-electron chi connectivity index (χ2n) is 7.94. The molecule has 0 aliphatic heterocycles. The average Bonchev–Trinajstić information content (AvgIpc) is 3.18. The van der Waals surface area contributed by atoms with Crippen LogP contribution in [-0.4, -0.2) is 0 Å². The van der Waals surface area contributed by atoms with Crippen molar-refractivity contribution in [2.75, 3.05) is 0 Å². The van der Waals surface area contributed by atoms with Gasteiger partial charge in [0.15, 0.2) is 0 Å². The van der Waals surface area contributed by atoms with Gasteiger partial charge in [0.1, 0.15) is 0 Å². The van der Waals surface area contributed by atoms with E-state index in [0.717, 1.165) is 5.92 Å². The normalized spacial score (nSPS) is 25.7. The van der Waals surface area contributed by atoms with Crippen LogP contribution in [-0.2, 0) is 10.8 Å². The van der Waals surface area contributed by atoms with Gasteiger partial charge in [-0.05, 0) is 59.1 Å². The first-order valence-electron chi connectivity index (χ1n) is 7.72. The molecule has 3 rings (SSSR count). The van der Waals surface area contributed by atoms with Crippen molar-refractivity contribution < 1.29 is 0 Å². The van der Waals surface area contributed by atoms with E-state index in [-0.39, 0.29) is 6.04 Å². The van der Waals surface area contributed by atoms with Crippen LogP contribution in [0.15, 0.2) is 18.2 Å². The standard InChI is InChI=1S/C18H27N/c1-17(2)9-10-18(3,4)15-11-13(7-8-14(15)17)16(19)12-5-6-12/h7-8,11-12,16H,5-6,9-10,19H2,1-4H3. The third-order valence-corrected chi connectivity index (χ3v) is 5.39. The quantitative estimate of drug-likeness (QED) is 0.832. The van der Waals surface area contributed by atoms with E-state index in [4.69, 9.17) is 5.73 Å². The molecule has 1 heteroatoms. The van der Waals surface area contributed by atoms with Crippen molar-refractivity contribution in [1.29, 1.82) is 0 Å². The van der Waals surface area contributed by atoms with Crippen LogP contribution in [0.2, 0.25) is 0 Å². The molecule has 1 saturated carbocycles. The molecule has 0 heterocycles. The van der Waals surface area contributed by atoms with Gasteiger partial charge in [-0.1, -0.05) is 45.9 Å². The summed E-state index contributed by atoms with van der Waals surface area (Å²) in [6, 6.07) is 7.31. The predicted octanol–water partition coefficient (Wildman–Crippen LogP) is 4.45. The second kappa shape index (κ2) is 4.09. The molecule has 2 N–H and O–H groups in total. The van der Waals surface area contributed by atoms with Gasteiger partial charge < -0.3 is 5.73 Å². The molecule has 2 aliphatic rings. The average molecular weight is 257 g/mol. The van der Waals surface area contributed by atoms with E-state index in [1.165, 1.54) is 42.4 Å². The zero-order valence-electron chi connectivity index (χ0n) is 12.8. The molecule has 19 heavy (non-hydrogen) atoms. The van der Waals surface area contributed by atoms with Gasteiger partial charge in [0.05, 0.1) is 0 Å². The number of rotatable bonds is 2. The third kappa shape index (κ3) is 2.23. The van der Waals surface area contributed by atoms with E-state index >= 15 is 0 Å². The fraction of sp³-hybridized carbons (Fsp3) is 0.667. The van der Waals surface area contributed by atoms with E-state index in [9.17, 15) is 0 Å². The Morgan fingerprint density at radius 3 is 2.16 bits per heavy atom. The Balaban J connectivity index is 2.06. The molecule has 2 aliphatic carbocycles. The van der Waals surface area contributed by atoms with Gasteiger partial charge in [0.2, 0.25) is 0 Å². The highest BCUT2D eigenvalue weighted by molar-refractivity contribution is 5.44. The molecule has 1 atom stereocenters. The number of nitrogens with two attached hydrogens (primary N) is 1. The molecule has 1 unspecified atom stereocenters. The molecule has 104 valence electrons. The Morgan fingerprint density at radius 1 is 1.00 bits per heavy atom. The number of fused-ring (bicyclic) bond motifs is 1. The summed E-state index contributed by atoms with van der Waals surface area (Å²) in [6.45, 7) is 9.52. The fourth-order valence-electron chi connectivity index (χ4n) is 3.54. The van der Waals surface area contributed by atoms with Crippen LogP contribution in [0, 0.1) is 5.92 Å². The highest BCUT2D eigenvalue weighted by atomic mass is 14.7. The lowest BCUT2D eigenvalue weighted by molar-refractivity contribution is 0.331. The van der Waals surface area contributed by atoms with Crippen LogP contribution in [0.1, 0.15) is 76.1 Å². The minimum absolute atomic E-state index is 0.256. The van der Waals surface area contributed by atoms with Crippen LogP contribution in [0.3, 0.4) is 0 Å². The third-order valence-electron chi connectivity index (χ3n) is 5.39.